The van der Waals surface area contributed by atoms with Crippen LogP contribution in [-0.2, 0) is 0 Å². The highest BCUT2D eigenvalue weighted by Gasteiger charge is 2.08. The fourth-order valence-corrected chi connectivity index (χ4v) is 0.782. The summed E-state index contributed by atoms with van der Waals surface area (Å²) in [7, 11) is 0. The first-order chi connectivity index (χ1) is 4.76. The third-order valence-corrected chi connectivity index (χ3v) is 1.60. The van der Waals surface area contributed by atoms with E-state index in [1.165, 1.54) is 0 Å². The van der Waals surface area contributed by atoms with Gasteiger partial charge in [0.25, 0.3) is 0 Å². The van der Waals surface area contributed by atoms with Crippen LogP contribution in [0.4, 0.5) is 0 Å². The van der Waals surface area contributed by atoms with Crippen LogP contribution in [0.1, 0.15) is 20.3 Å². The minimum Gasteiger partial charge on any atom is -0.103 e. The van der Waals surface area contributed by atoms with Gasteiger partial charge in [-0.1, -0.05) is 25.0 Å². The molecule has 0 heterocycles. The maximum Gasteiger partial charge on any atom is 0.0431 e. The van der Waals surface area contributed by atoms with E-state index < -0.39 is 0 Å². The van der Waals surface area contributed by atoms with Crippen molar-refractivity contribution in [3.05, 3.63) is 23.1 Å². The second kappa shape index (κ2) is 4.89. The molecule has 3 nitrogen and oxygen atoms in total. The van der Waals surface area contributed by atoms with Crippen LogP contribution in [0.3, 0.4) is 0 Å². The Bertz CT molecular complexity index is 147. The molecule has 0 saturated heterocycles. The molecule has 0 bridgehead atoms. The van der Waals surface area contributed by atoms with Crippen LogP contribution >= 0.6 is 0 Å². The van der Waals surface area contributed by atoms with E-state index in [1.54, 1.807) is 0 Å². The van der Waals surface area contributed by atoms with Gasteiger partial charge in [0.1, 0.15) is 0 Å². The molecule has 0 fully saturated rings. The van der Waals surface area contributed by atoms with E-state index in [2.05, 4.69) is 16.6 Å². The zero-order valence-corrected chi connectivity index (χ0v) is 6.49. The molecule has 0 aliphatic heterocycles. The number of rotatable bonds is 4. The molecule has 0 rings (SSSR count). The molecule has 0 radical (unpaired) electrons. The molecule has 0 saturated carbocycles. The largest absolute Gasteiger partial charge is 0.103 e. The highest BCUT2D eigenvalue weighted by molar-refractivity contribution is 4.84. The van der Waals surface area contributed by atoms with Crippen molar-refractivity contribution in [2.75, 3.05) is 0 Å². The van der Waals surface area contributed by atoms with Crippen molar-refractivity contribution >= 4 is 0 Å². The van der Waals surface area contributed by atoms with E-state index in [9.17, 15) is 0 Å². The van der Waals surface area contributed by atoms with Crippen LogP contribution in [0, 0.1) is 5.92 Å². The fourth-order valence-electron chi connectivity index (χ4n) is 0.782. The predicted molar refractivity (Wildman–Crippen MR) is 42.6 cm³/mol. The predicted octanol–water partition coefficient (Wildman–Crippen LogP) is 2.90. The lowest BCUT2D eigenvalue weighted by molar-refractivity contribution is 0.523. The first-order valence-electron chi connectivity index (χ1n) is 3.43. The van der Waals surface area contributed by atoms with Crippen LogP contribution in [-0.4, -0.2) is 6.04 Å². The van der Waals surface area contributed by atoms with Crippen molar-refractivity contribution in [3.8, 4) is 0 Å². The van der Waals surface area contributed by atoms with Crippen molar-refractivity contribution in [3.63, 3.8) is 0 Å². The summed E-state index contributed by atoms with van der Waals surface area (Å²) in [4.78, 5) is 2.75. The molecule has 3 heteroatoms. The molecular weight excluding hydrogens is 126 g/mol. The van der Waals surface area contributed by atoms with Gasteiger partial charge in [0.05, 0.1) is 0 Å². The van der Waals surface area contributed by atoms with Gasteiger partial charge in [-0.3, -0.25) is 0 Å². The van der Waals surface area contributed by atoms with Crippen LogP contribution in [0.2, 0.25) is 0 Å². The van der Waals surface area contributed by atoms with Crippen LogP contribution in [0.5, 0.6) is 0 Å². The summed E-state index contributed by atoms with van der Waals surface area (Å²) in [5, 5.41) is 3.62. The van der Waals surface area contributed by atoms with E-state index in [4.69, 9.17) is 5.53 Å². The maximum absolute atomic E-state index is 8.14. The molecule has 0 aliphatic rings. The quantitative estimate of drug-likeness (QED) is 0.249. The van der Waals surface area contributed by atoms with E-state index >= 15 is 0 Å². The average Bonchev–Trinajstić information content (AvgIpc) is 1.99. The summed E-state index contributed by atoms with van der Waals surface area (Å²) in [6, 6.07) is 0.0718. The molecule has 56 valence electrons. The lowest BCUT2D eigenvalue weighted by Crippen LogP contribution is -2.10. The first-order valence-corrected chi connectivity index (χ1v) is 3.43. The lowest BCUT2D eigenvalue weighted by atomic mass is 10.0. The second-order valence-electron chi connectivity index (χ2n) is 2.28. The van der Waals surface area contributed by atoms with Gasteiger partial charge in [-0.15, -0.1) is 6.58 Å². The Morgan fingerprint density at radius 3 is 2.70 bits per heavy atom. The fraction of sp³-hybridized carbons (Fsp3) is 0.714. The number of hydrogen-bond acceptors (Lipinski definition) is 1. The summed E-state index contributed by atoms with van der Waals surface area (Å²) < 4.78 is 0. The lowest BCUT2D eigenvalue weighted by Gasteiger charge is -2.11. The standard InChI is InChI=1S/C7H13N3/c1-4-6(3)7(5-2)9-10-8/h4,6-7H,1,5H2,2-3H3/t6-,7-/m0/s1. The zero-order chi connectivity index (χ0) is 7.98. The summed E-state index contributed by atoms with van der Waals surface area (Å²) in [6.45, 7) is 7.62. The van der Waals surface area contributed by atoms with Gasteiger partial charge in [-0.25, -0.2) is 0 Å². The Labute approximate surface area is 61.4 Å². The summed E-state index contributed by atoms with van der Waals surface area (Å²) in [5.41, 5.74) is 8.14. The third-order valence-electron chi connectivity index (χ3n) is 1.60. The Balaban J connectivity index is 4.04. The van der Waals surface area contributed by atoms with E-state index in [0.29, 0.717) is 0 Å². The minimum absolute atomic E-state index is 0.0718. The molecule has 0 amide bonds. The molecule has 0 N–H and O–H groups in total. The maximum atomic E-state index is 8.14. The van der Waals surface area contributed by atoms with Crippen molar-refractivity contribution in [2.45, 2.75) is 26.3 Å². The Morgan fingerprint density at radius 2 is 2.40 bits per heavy atom. The van der Waals surface area contributed by atoms with E-state index in [1.807, 2.05) is 19.9 Å². The molecular formula is C7H13N3. The number of azide groups is 1. The Hall–Kier alpha value is -0.950. The van der Waals surface area contributed by atoms with E-state index in [0.717, 1.165) is 6.42 Å². The highest BCUT2D eigenvalue weighted by Crippen LogP contribution is 2.11. The third kappa shape index (κ3) is 2.55. The molecule has 0 aromatic rings. The minimum atomic E-state index is 0.0718. The molecule has 10 heavy (non-hydrogen) atoms. The smallest absolute Gasteiger partial charge is 0.0431 e. The van der Waals surface area contributed by atoms with Gasteiger partial charge in [0.15, 0.2) is 0 Å². The molecule has 2 atom stereocenters. The van der Waals surface area contributed by atoms with E-state index in [-0.39, 0.29) is 12.0 Å². The van der Waals surface area contributed by atoms with Gasteiger partial charge in [0, 0.05) is 11.0 Å². The molecule has 0 unspecified atom stereocenters. The van der Waals surface area contributed by atoms with Crippen molar-refractivity contribution in [1.82, 2.24) is 0 Å². The summed E-state index contributed by atoms with van der Waals surface area (Å²) in [6.07, 6.45) is 2.68. The average molecular weight is 139 g/mol. The SMILES string of the molecule is C=C[C@H](C)[C@H](CC)N=[N+]=[N-]. The van der Waals surface area contributed by atoms with Gasteiger partial charge in [-0.05, 0) is 17.9 Å². The highest BCUT2D eigenvalue weighted by atomic mass is 15.1. The van der Waals surface area contributed by atoms with Crippen molar-refractivity contribution in [2.24, 2.45) is 11.0 Å². The van der Waals surface area contributed by atoms with Crippen molar-refractivity contribution in [1.29, 1.82) is 0 Å². The van der Waals surface area contributed by atoms with Gasteiger partial charge < -0.3 is 0 Å². The van der Waals surface area contributed by atoms with Crippen LogP contribution in [0.25, 0.3) is 10.4 Å². The zero-order valence-electron chi connectivity index (χ0n) is 6.49. The Kier molecular flexibility index (Phi) is 4.42. The summed E-state index contributed by atoms with van der Waals surface area (Å²) >= 11 is 0. The van der Waals surface area contributed by atoms with Crippen LogP contribution < -0.4 is 0 Å². The van der Waals surface area contributed by atoms with Crippen LogP contribution in [0.15, 0.2) is 17.8 Å². The molecule has 0 spiro atoms. The molecule has 0 aromatic heterocycles. The van der Waals surface area contributed by atoms with Crippen molar-refractivity contribution < 1.29 is 0 Å². The topological polar surface area (TPSA) is 48.8 Å². The number of nitrogens with zero attached hydrogens (tertiary/aromatic N) is 3. The molecule has 0 aromatic carbocycles. The first kappa shape index (κ1) is 9.05. The summed E-state index contributed by atoms with van der Waals surface area (Å²) in [5.74, 6) is 0.279. The normalized spacial score (nSPS) is 15.0. The van der Waals surface area contributed by atoms with Gasteiger partial charge in [0.2, 0.25) is 0 Å². The monoisotopic (exact) mass is 139 g/mol. The van der Waals surface area contributed by atoms with Gasteiger partial charge in [-0.2, -0.15) is 0 Å². The number of hydrogen-bond donors (Lipinski definition) is 0. The Morgan fingerprint density at radius 1 is 1.80 bits per heavy atom. The second-order valence-corrected chi connectivity index (χ2v) is 2.28. The van der Waals surface area contributed by atoms with Gasteiger partial charge >= 0.3 is 0 Å². The molecule has 0 aliphatic carbocycles.